The highest BCUT2D eigenvalue weighted by Crippen LogP contribution is 2.29. The van der Waals surface area contributed by atoms with E-state index in [0.29, 0.717) is 24.9 Å². The molecule has 1 rings (SSSR count). The molecule has 0 radical (unpaired) electrons. The Morgan fingerprint density at radius 3 is 2.82 bits per heavy atom. The van der Waals surface area contributed by atoms with E-state index in [0.717, 1.165) is 25.7 Å². The molecular weight excluding hydrogens is 216 g/mol. The van der Waals surface area contributed by atoms with Crippen LogP contribution in [0.4, 0.5) is 0 Å². The standard InChI is InChI=1S/C13H26N2O2/c1-10(6-7-16)9-15-13(17)12-5-3-2-4-11(12)8-14/h10-12,16H,2-9,14H2,1H3,(H,15,17). The zero-order valence-electron chi connectivity index (χ0n) is 10.8. The molecule has 0 aromatic rings. The van der Waals surface area contributed by atoms with Gasteiger partial charge in [-0.15, -0.1) is 0 Å². The smallest absolute Gasteiger partial charge is 0.223 e. The first-order valence-corrected chi connectivity index (χ1v) is 6.77. The lowest BCUT2D eigenvalue weighted by molar-refractivity contribution is -0.127. The van der Waals surface area contributed by atoms with E-state index in [4.69, 9.17) is 10.8 Å². The van der Waals surface area contributed by atoms with E-state index in [1.54, 1.807) is 0 Å². The van der Waals surface area contributed by atoms with Crippen LogP contribution in [-0.4, -0.2) is 30.7 Å². The van der Waals surface area contributed by atoms with Crippen LogP contribution in [0.5, 0.6) is 0 Å². The van der Waals surface area contributed by atoms with Crippen LogP contribution >= 0.6 is 0 Å². The second-order valence-electron chi connectivity index (χ2n) is 5.25. The predicted octanol–water partition coefficient (Wildman–Crippen LogP) is 0.886. The van der Waals surface area contributed by atoms with E-state index in [9.17, 15) is 4.79 Å². The number of hydrogen-bond acceptors (Lipinski definition) is 3. The number of hydrogen-bond donors (Lipinski definition) is 3. The molecule has 17 heavy (non-hydrogen) atoms. The lowest BCUT2D eigenvalue weighted by Crippen LogP contribution is -2.40. The van der Waals surface area contributed by atoms with Gasteiger partial charge in [-0.2, -0.15) is 0 Å². The maximum Gasteiger partial charge on any atom is 0.223 e. The summed E-state index contributed by atoms with van der Waals surface area (Å²) in [6, 6.07) is 0. The van der Waals surface area contributed by atoms with Crippen molar-refractivity contribution in [2.45, 2.75) is 39.0 Å². The van der Waals surface area contributed by atoms with Crippen molar-refractivity contribution < 1.29 is 9.90 Å². The number of nitrogens with two attached hydrogens (primary N) is 1. The van der Waals surface area contributed by atoms with Gasteiger partial charge in [0.05, 0.1) is 0 Å². The third-order valence-electron chi connectivity index (χ3n) is 3.80. The summed E-state index contributed by atoms with van der Waals surface area (Å²) in [4.78, 5) is 12.0. The number of aliphatic hydroxyl groups is 1. The number of rotatable bonds is 6. The van der Waals surface area contributed by atoms with Crippen molar-refractivity contribution in [2.24, 2.45) is 23.5 Å². The fraction of sp³-hybridized carbons (Fsp3) is 0.923. The minimum absolute atomic E-state index is 0.107. The van der Waals surface area contributed by atoms with Crippen molar-refractivity contribution in [2.75, 3.05) is 19.7 Å². The summed E-state index contributed by atoms with van der Waals surface area (Å²) in [7, 11) is 0. The molecule has 3 atom stereocenters. The summed E-state index contributed by atoms with van der Waals surface area (Å²) in [5.74, 6) is 0.959. The maximum atomic E-state index is 12.0. The molecule has 0 aromatic carbocycles. The van der Waals surface area contributed by atoms with Gasteiger partial charge in [0.15, 0.2) is 0 Å². The van der Waals surface area contributed by atoms with E-state index >= 15 is 0 Å². The molecule has 100 valence electrons. The van der Waals surface area contributed by atoms with Gasteiger partial charge in [-0.3, -0.25) is 4.79 Å². The van der Waals surface area contributed by atoms with E-state index in [1.165, 1.54) is 6.42 Å². The van der Waals surface area contributed by atoms with Crippen molar-refractivity contribution in [3.8, 4) is 0 Å². The Morgan fingerprint density at radius 1 is 1.47 bits per heavy atom. The lowest BCUT2D eigenvalue weighted by atomic mass is 9.78. The molecule has 3 unspecified atom stereocenters. The Morgan fingerprint density at radius 2 is 2.18 bits per heavy atom. The van der Waals surface area contributed by atoms with Gasteiger partial charge in [0, 0.05) is 19.1 Å². The molecule has 1 amide bonds. The van der Waals surface area contributed by atoms with Crippen LogP contribution in [0.1, 0.15) is 39.0 Å². The molecule has 4 heteroatoms. The Bertz CT molecular complexity index is 233. The Labute approximate surface area is 104 Å². The van der Waals surface area contributed by atoms with Gasteiger partial charge >= 0.3 is 0 Å². The highest BCUT2D eigenvalue weighted by atomic mass is 16.3. The molecule has 1 aliphatic carbocycles. The highest BCUT2D eigenvalue weighted by Gasteiger charge is 2.29. The van der Waals surface area contributed by atoms with Gasteiger partial charge < -0.3 is 16.2 Å². The molecule has 0 spiro atoms. The molecule has 0 heterocycles. The van der Waals surface area contributed by atoms with Crippen molar-refractivity contribution >= 4 is 5.91 Å². The minimum Gasteiger partial charge on any atom is -0.396 e. The first-order valence-electron chi connectivity index (χ1n) is 6.77. The van der Waals surface area contributed by atoms with E-state index in [1.807, 2.05) is 6.92 Å². The van der Waals surface area contributed by atoms with Crippen LogP contribution in [0.25, 0.3) is 0 Å². The largest absolute Gasteiger partial charge is 0.396 e. The summed E-state index contributed by atoms with van der Waals surface area (Å²) in [5.41, 5.74) is 5.72. The second kappa shape index (κ2) is 7.67. The van der Waals surface area contributed by atoms with Crippen LogP contribution in [0.3, 0.4) is 0 Å². The molecule has 0 bridgehead atoms. The fourth-order valence-electron chi connectivity index (χ4n) is 2.56. The zero-order chi connectivity index (χ0) is 12.7. The number of aliphatic hydroxyl groups excluding tert-OH is 1. The Balaban J connectivity index is 2.34. The van der Waals surface area contributed by atoms with Gasteiger partial charge in [0.2, 0.25) is 5.91 Å². The Kier molecular flexibility index (Phi) is 6.52. The fourth-order valence-corrected chi connectivity index (χ4v) is 2.56. The molecule has 0 aliphatic heterocycles. The van der Waals surface area contributed by atoms with Gasteiger partial charge in [-0.25, -0.2) is 0 Å². The van der Waals surface area contributed by atoms with E-state index in [-0.39, 0.29) is 18.4 Å². The second-order valence-corrected chi connectivity index (χ2v) is 5.25. The monoisotopic (exact) mass is 242 g/mol. The maximum absolute atomic E-state index is 12.0. The van der Waals surface area contributed by atoms with Crippen LogP contribution in [0, 0.1) is 17.8 Å². The number of amides is 1. The number of carbonyl (C=O) groups is 1. The molecule has 0 aromatic heterocycles. The predicted molar refractivity (Wildman–Crippen MR) is 68.4 cm³/mol. The van der Waals surface area contributed by atoms with E-state index < -0.39 is 0 Å². The summed E-state index contributed by atoms with van der Waals surface area (Å²) >= 11 is 0. The highest BCUT2D eigenvalue weighted by molar-refractivity contribution is 5.79. The summed E-state index contributed by atoms with van der Waals surface area (Å²) in [6.45, 7) is 3.50. The molecule has 1 fully saturated rings. The SMILES string of the molecule is CC(CCO)CNC(=O)C1CCCCC1CN. The van der Waals surface area contributed by atoms with Crippen LogP contribution in [0.15, 0.2) is 0 Å². The zero-order valence-corrected chi connectivity index (χ0v) is 10.8. The van der Waals surface area contributed by atoms with Crippen LogP contribution in [0.2, 0.25) is 0 Å². The quantitative estimate of drug-likeness (QED) is 0.647. The van der Waals surface area contributed by atoms with Gasteiger partial charge in [0.25, 0.3) is 0 Å². The van der Waals surface area contributed by atoms with Crippen LogP contribution < -0.4 is 11.1 Å². The first-order chi connectivity index (χ1) is 8.19. The number of carbonyl (C=O) groups excluding carboxylic acids is 1. The average molecular weight is 242 g/mol. The van der Waals surface area contributed by atoms with Crippen molar-refractivity contribution in [1.82, 2.24) is 5.32 Å². The third-order valence-corrected chi connectivity index (χ3v) is 3.80. The van der Waals surface area contributed by atoms with Gasteiger partial charge in [0.1, 0.15) is 0 Å². The minimum atomic E-state index is 0.107. The lowest BCUT2D eigenvalue weighted by Gasteiger charge is -2.29. The molecule has 4 nitrogen and oxygen atoms in total. The van der Waals surface area contributed by atoms with Crippen LogP contribution in [-0.2, 0) is 4.79 Å². The van der Waals surface area contributed by atoms with Crippen molar-refractivity contribution in [3.63, 3.8) is 0 Å². The average Bonchev–Trinajstić information content (AvgIpc) is 2.36. The summed E-state index contributed by atoms with van der Waals surface area (Å²) < 4.78 is 0. The van der Waals surface area contributed by atoms with E-state index in [2.05, 4.69) is 5.32 Å². The summed E-state index contributed by atoms with van der Waals surface area (Å²) in [6.07, 6.45) is 5.14. The van der Waals surface area contributed by atoms with Crippen molar-refractivity contribution in [3.05, 3.63) is 0 Å². The number of nitrogens with one attached hydrogen (secondary N) is 1. The van der Waals surface area contributed by atoms with Crippen molar-refractivity contribution in [1.29, 1.82) is 0 Å². The molecule has 1 aliphatic rings. The first kappa shape index (κ1) is 14.5. The Hall–Kier alpha value is -0.610. The summed E-state index contributed by atoms with van der Waals surface area (Å²) in [5, 5.41) is 11.8. The van der Waals surface area contributed by atoms with Gasteiger partial charge in [-0.1, -0.05) is 19.8 Å². The topological polar surface area (TPSA) is 75.3 Å². The molecular formula is C13H26N2O2. The normalized spacial score (nSPS) is 26.5. The molecule has 4 N–H and O–H groups in total. The molecule has 1 saturated carbocycles. The third kappa shape index (κ3) is 4.64. The molecule has 0 saturated heterocycles. The van der Waals surface area contributed by atoms with Gasteiger partial charge in [-0.05, 0) is 37.6 Å².